The highest BCUT2D eigenvalue weighted by Crippen LogP contribution is 2.25. The van der Waals surface area contributed by atoms with Gasteiger partial charge >= 0.3 is 0 Å². The molecule has 3 heteroatoms. The van der Waals surface area contributed by atoms with E-state index in [-0.39, 0.29) is 0 Å². The normalized spacial score (nSPS) is 10.8. The van der Waals surface area contributed by atoms with Crippen LogP contribution in [0.5, 0.6) is 0 Å². The van der Waals surface area contributed by atoms with Crippen molar-refractivity contribution in [2.45, 2.75) is 13.8 Å². The van der Waals surface area contributed by atoms with Crippen LogP contribution < -0.4 is 0 Å². The molecule has 3 aromatic rings. The molecule has 0 fully saturated rings. The maximum absolute atomic E-state index is 4.59. The van der Waals surface area contributed by atoms with Crippen molar-refractivity contribution in [2.75, 3.05) is 0 Å². The third-order valence-corrected chi connectivity index (χ3v) is 3.42. The molecule has 0 atom stereocenters. The van der Waals surface area contributed by atoms with Crippen molar-refractivity contribution in [1.82, 2.24) is 14.5 Å². The van der Waals surface area contributed by atoms with Crippen molar-refractivity contribution in [2.24, 2.45) is 7.05 Å². The molecule has 0 aliphatic rings. The molecule has 100 valence electrons. The van der Waals surface area contributed by atoms with Gasteiger partial charge in [0.15, 0.2) is 0 Å². The van der Waals surface area contributed by atoms with Crippen LogP contribution in [0.4, 0.5) is 0 Å². The Kier molecular flexibility index (Phi) is 3.11. The summed E-state index contributed by atoms with van der Waals surface area (Å²) in [7, 11) is 2.05. The van der Waals surface area contributed by atoms with Crippen LogP contribution >= 0.6 is 0 Å². The van der Waals surface area contributed by atoms with Crippen LogP contribution in [-0.2, 0) is 7.05 Å². The summed E-state index contributed by atoms with van der Waals surface area (Å²) >= 11 is 0. The Morgan fingerprint density at radius 3 is 1.55 bits per heavy atom. The Hall–Kier alpha value is -2.42. The van der Waals surface area contributed by atoms with Crippen LogP contribution in [0.15, 0.2) is 48.5 Å². The average molecular weight is 263 g/mol. The topological polar surface area (TPSA) is 30.7 Å². The third kappa shape index (κ3) is 2.23. The van der Waals surface area contributed by atoms with Gasteiger partial charge < -0.3 is 4.57 Å². The van der Waals surface area contributed by atoms with Crippen LogP contribution in [0.1, 0.15) is 11.4 Å². The van der Waals surface area contributed by atoms with E-state index >= 15 is 0 Å². The van der Waals surface area contributed by atoms with Crippen molar-refractivity contribution < 1.29 is 0 Å². The summed E-state index contributed by atoms with van der Waals surface area (Å²) in [6.45, 7) is 4.02. The van der Waals surface area contributed by atoms with E-state index in [9.17, 15) is 0 Å². The average Bonchev–Trinajstić information content (AvgIpc) is 2.80. The van der Waals surface area contributed by atoms with Gasteiger partial charge in [0, 0.05) is 18.4 Å². The molecule has 3 rings (SSSR count). The fourth-order valence-electron chi connectivity index (χ4n) is 2.40. The molecular weight excluding hydrogens is 246 g/mol. The summed E-state index contributed by atoms with van der Waals surface area (Å²) in [6, 6.07) is 16.4. The highest BCUT2D eigenvalue weighted by atomic mass is 15.0. The molecule has 3 heterocycles. The summed E-state index contributed by atoms with van der Waals surface area (Å²) in [4.78, 5) is 9.18. The highest BCUT2D eigenvalue weighted by molar-refractivity contribution is 5.65. The lowest BCUT2D eigenvalue weighted by Crippen LogP contribution is -1.98. The van der Waals surface area contributed by atoms with Gasteiger partial charge in [-0.3, -0.25) is 9.97 Å². The first-order chi connectivity index (χ1) is 9.65. The molecule has 0 N–H and O–H groups in total. The lowest BCUT2D eigenvalue weighted by atomic mass is 10.2. The molecule has 3 aromatic heterocycles. The summed E-state index contributed by atoms with van der Waals surface area (Å²) < 4.78 is 2.14. The zero-order valence-corrected chi connectivity index (χ0v) is 12.0. The molecule has 0 aromatic carbocycles. The van der Waals surface area contributed by atoms with Gasteiger partial charge in [0.1, 0.15) is 0 Å². The zero-order valence-electron chi connectivity index (χ0n) is 12.0. The first-order valence-electron chi connectivity index (χ1n) is 6.69. The summed E-state index contributed by atoms with van der Waals surface area (Å²) in [5, 5.41) is 0. The number of nitrogens with zero attached hydrogens (tertiary/aromatic N) is 3. The van der Waals surface area contributed by atoms with E-state index in [1.165, 1.54) is 0 Å². The third-order valence-electron chi connectivity index (χ3n) is 3.42. The molecule has 0 bridgehead atoms. The van der Waals surface area contributed by atoms with E-state index < -0.39 is 0 Å². The van der Waals surface area contributed by atoms with Gasteiger partial charge in [0.25, 0.3) is 0 Å². The summed E-state index contributed by atoms with van der Waals surface area (Å²) in [5.74, 6) is 0. The second-order valence-corrected chi connectivity index (χ2v) is 4.99. The lowest BCUT2D eigenvalue weighted by Gasteiger charge is -2.08. The van der Waals surface area contributed by atoms with Crippen molar-refractivity contribution in [1.29, 1.82) is 0 Å². The molecule has 0 saturated heterocycles. The Balaban J connectivity index is 2.09. The van der Waals surface area contributed by atoms with E-state index in [1.807, 2.05) is 50.2 Å². The zero-order chi connectivity index (χ0) is 14.1. The van der Waals surface area contributed by atoms with Gasteiger partial charge in [0.05, 0.1) is 22.8 Å². The van der Waals surface area contributed by atoms with Crippen LogP contribution in [-0.4, -0.2) is 14.5 Å². The highest BCUT2D eigenvalue weighted by Gasteiger charge is 2.10. The largest absolute Gasteiger partial charge is 0.341 e. The molecule has 0 aliphatic carbocycles. The van der Waals surface area contributed by atoms with E-state index in [4.69, 9.17) is 0 Å². The second kappa shape index (κ2) is 4.93. The van der Waals surface area contributed by atoms with Gasteiger partial charge in [-0.15, -0.1) is 0 Å². The molecular formula is C17H17N3. The molecule has 20 heavy (non-hydrogen) atoms. The van der Waals surface area contributed by atoms with Gasteiger partial charge in [-0.25, -0.2) is 0 Å². The lowest BCUT2D eigenvalue weighted by molar-refractivity contribution is 0.930. The molecule has 3 nitrogen and oxygen atoms in total. The van der Waals surface area contributed by atoms with Crippen molar-refractivity contribution in [3.63, 3.8) is 0 Å². The van der Waals surface area contributed by atoms with Crippen molar-refractivity contribution in [3.8, 4) is 22.8 Å². The van der Waals surface area contributed by atoms with Crippen LogP contribution in [0.2, 0.25) is 0 Å². The fraction of sp³-hybridized carbons (Fsp3) is 0.176. The van der Waals surface area contributed by atoms with E-state index in [0.717, 1.165) is 34.2 Å². The van der Waals surface area contributed by atoms with Gasteiger partial charge in [-0.2, -0.15) is 0 Å². The summed E-state index contributed by atoms with van der Waals surface area (Å²) in [5.41, 5.74) is 6.25. The SMILES string of the molecule is Cc1cccc(-c2ccc(-c3cccc(C)n3)n2C)n1. The smallest absolute Gasteiger partial charge is 0.0869 e. The number of hydrogen-bond acceptors (Lipinski definition) is 2. The quantitative estimate of drug-likeness (QED) is 0.704. The Bertz CT molecular complexity index is 693. The van der Waals surface area contributed by atoms with Gasteiger partial charge in [0.2, 0.25) is 0 Å². The molecule has 0 spiro atoms. The number of aromatic nitrogens is 3. The Morgan fingerprint density at radius 2 is 1.15 bits per heavy atom. The van der Waals surface area contributed by atoms with Crippen molar-refractivity contribution in [3.05, 3.63) is 59.9 Å². The van der Waals surface area contributed by atoms with Crippen LogP contribution in [0, 0.1) is 13.8 Å². The standard InChI is InChI=1S/C17H17N3/c1-12-6-4-8-14(18-12)16-10-11-17(20(16)3)15-9-5-7-13(2)19-15/h4-11H,1-3H3. The minimum absolute atomic E-state index is 0.992. The number of pyridine rings is 2. The van der Waals surface area contributed by atoms with Gasteiger partial charge in [-0.1, -0.05) is 12.1 Å². The Labute approximate surface area is 118 Å². The number of rotatable bonds is 2. The summed E-state index contributed by atoms with van der Waals surface area (Å²) in [6.07, 6.45) is 0. The van der Waals surface area contributed by atoms with Crippen LogP contribution in [0.25, 0.3) is 22.8 Å². The number of aryl methyl sites for hydroxylation is 2. The van der Waals surface area contributed by atoms with Crippen LogP contribution in [0.3, 0.4) is 0 Å². The Morgan fingerprint density at radius 1 is 0.700 bits per heavy atom. The monoisotopic (exact) mass is 263 g/mol. The fourth-order valence-corrected chi connectivity index (χ4v) is 2.40. The van der Waals surface area contributed by atoms with E-state index in [1.54, 1.807) is 0 Å². The minimum atomic E-state index is 0.992. The molecule has 0 radical (unpaired) electrons. The molecule has 0 amide bonds. The predicted molar refractivity (Wildman–Crippen MR) is 81.3 cm³/mol. The molecule has 0 saturated carbocycles. The maximum atomic E-state index is 4.59. The first-order valence-corrected chi connectivity index (χ1v) is 6.69. The van der Waals surface area contributed by atoms with Gasteiger partial charge in [-0.05, 0) is 50.2 Å². The molecule has 0 aliphatic heterocycles. The first kappa shape index (κ1) is 12.6. The van der Waals surface area contributed by atoms with E-state index in [0.29, 0.717) is 0 Å². The second-order valence-electron chi connectivity index (χ2n) is 4.99. The minimum Gasteiger partial charge on any atom is -0.341 e. The maximum Gasteiger partial charge on any atom is 0.0869 e. The number of hydrogen-bond donors (Lipinski definition) is 0. The predicted octanol–water partition coefficient (Wildman–Crippen LogP) is 3.77. The molecule has 0 unspecified atom stereocenters. The van der Waals surface area contributed by atoms with E-state index in [2.05, 4.69) is 33.7 Å². The van der Waals surface area contributed by atoms with Crippen molar-refractivity contribution >= 4 is 0 Å².